The number of alkyl halides is 3. The third kappa shape index (κ3) is 4.81. The molecule has 0 spiro atoms. The first kappa shape index (κ1) is 27.5. The number of nitrogens with one attached hydrogen (secondary N) is 1. The highest BCUT2D eigenvalue weighted by Crippen LogP contribution is 2.49. The topological polar surface area (TPSA) is 37.5 Å². The Morgan fingerprint density at radius 1 is 0.930 bits per heavy atom. The summed E-state index contributed by atoms with van der Waals surface area (Å²) in [5.41, 5.74) is 5.54. The van der Waals surface area contributed by atoms with Crippen molar-refractivity contribution in [1.29, 1.82) is 0 Å². The molecule has 0 saturated heterocycles. The van der Waals surface area contributed by atoms with Gasteiger partial charge in [-0.2, -0.15) is 13.2 Å². The van der Waals surface area contributed by atoms with E-state index in [-0.39, 0.29) is 30.1 Å². The van der Waals surface area contributed by atoms with Gasteiger partial charge >= 0.3 is 6.18 Å². The fourth-order valence-electron chi connectivity index (χ4n) is 6.61. The van der Waals surface area contributed by atoms with Gasteiger partial charge in [-0.15, -0.1) is 0 Å². The summed E-state index contributed by atoms with van der Waals surface area (Å²) in [6.45, 7) is 0.621. The first-order valence-corrected chi connectivity index (χ1v) is 14.0. The van der Waals surface area contributed by atoms with Crippen LogP contribution in [0, 0.1) is 11.6 Å². The van der Waals surface area contributed by atoms with Gasteiger partial charge in [-0.1, -0.05) is 36.4 Å². The number of fused-ring (bicyclic) bond motifs is 6. The van der Waals surface area contributed by atoms with Crippen LogP contribution in [0.5, 0.6) is 11.5 Å². The Bertz CT molecular complexity index is 1830. The normalized spacial score (nSPS) is 18.2. The molecule has 7 rings (SSSR count). The minimum absolute atomic E-state index is 0.0115. The molecule has 4 aromatic carbocycles. The van der Waals surface area contributed by atoms with Crippen molar-refractivity contribution >= 4 is 10.9 Å². The highest BCUT2D eigenvalue weighted by atomic mass is 19.4. The Balaban J connectivity index is 1.24. The van der Waals surface area contributed by atoms with Gasteiger partial charge in [-0.3, -0.25) is 4.90 Å². The molecule has 0 radical (unpaired) electrons. The zero-order valence-electron chi connectivity index (χ0n) is 23.1. The third-order valence-electron chi connectivity index (χ3n) is 8.59. The molecule has 220 valence electrons. The summed E-state index contributed by atoms with van der Waals surface area (Å²) in [5, 5.41) is 1.16. The Morgan fingerprint density at radius 3 is 2.47 bits per heavy atom. The van der Waals surface area contributed by atoms with E-state index in [1.807, 2.05) is 36.4 Å². The van der Waals surface area contributed by atoms with Crippen molar-refractivity contribution in [3.63, 3.8) is 0 Å². The van der Waals surface area contributed by atoms with Crippen LogP contribution in [0.4, 0.5) is 22.0 Å². The van der Waals surface area contributed by atoms with E-state index in [2.05, 4.69) is 22.0 Å². The lowest BCUT2D eigenvalue weighted by Crippen LogP contribution is -2.43. The number of aromatic nitrogens is 1. The predicted octanol–water partition coefficient (Wildman–Crippen LogP) is 8.30. The molecule has 2 unspecified atom stereocenters. The van der Waals surface area contributed by atoms with Gasteiger partial charge in [0.05, 0.1) is 18.7 Å². The maximum atomic E-state index is 14.1. The van der Waals surface area contributed by atoms with Crippen molar-refractivity contribution < 1.29 is 31.4 Å². The van der Waals surface area contributed by atoms with Crippen LogP contribution >= 0.6 is 0 Å². The van der Waals surface area contributed by atoms with Gasteiger partial charge in [0.15, 0.2) is 11.5 Å². The van der Waals surface area contributed by atoms with Crippen molar-refractivity contribution in [3.8, 4) is 11.5 Å². The van der Waals surface area contributed by atoms with Crippen LogP contribution in [-0.4, -0.2) is 23.5 Å². The molecule has 5 aromatic rings. The number of nitrogens with zero attached hydrogens (tertiary/aromatic N) is 1. The molecule has 43 heavy (non-hydrogen) atoms. The largest absolute Gasteiger partial charge is 0.493 e. The van der Waals surface area contributed by atoms with E-state index < -0.39 is 17.6 Å². The van der Waals surface area contributed by atoms with Crippen LogP contribution in [0.3, 0.4) is 0 Å². The standard InChI is InChI=1S/C34H27F5N2O2/c1-42-30-17-24-21(15-31(30)43-18-19-6-11-26(27(36)14-19)34(37,38)39)12-13-41-29(24)16-25-23-4-2-3-5-28(23)40-32(25)33(41)20-7-9-22(35)10-8-20/h2-11,14-15,17,29,33,40H,12-13,16,18H2,1H3. The fourth-order valence-corrected chi connectivity index (χ4v) is 6.61. The molecular weight excluding hydrogens is 563 g/mol. The van der Waals surface area contributed by atoms with Crippen molar-refractivity contribution in [2.75, 3.05) is 13.7 Å². The third-order valence-corrected chi connectivity index (χ3v) is 8.59. The van der Waals surface area contributed by atoms with Gasteiger partial charge in [0.2, 0.25) is 0 Å². The van der Waals surface area contributed by atoms with Crippen LogP contribution in [0.25, 0.3) is 10.9 Å². The summed E-state index contributed by atoms with van der Waals surface area (Å²) in [4.78, 5) is 6.09. The Morgan fingerprint density at radius 2 is 1.72 bits per heavy atom. The van der Waals surface area contributed by atoms with Gasteiger partial charge in [0, 0.05) is 29.2 Å². The second-order valence-corrected chi connectivity index (χ2v) is 11.0. The molecule has 2 atom stereocenters. The summed E-state index contributed by atoms with van der Waals surface area (Å²) >= 11 is 0. The minimum atomic E-state index is -4.76. The molecular formula is C34H27F5N2O2. The number of hydrogen-bond acceptors (Lipinski definition) is 3. The van der Waals surface area contributed by atoms with E-state index in [0.29, 0.717) is 17.9 Å². The molecule has 1 N–H and O–H groups in total. The summed E-state index contributed by atoms with van der Waals surface area (Å²) in [7, 11) is 1.53. The molecule has 0 amide bonds. The molecule has 1 aromatic heterocycles. The SMILES string of the molecule is COc1cc2c(cc1OCc1ccc(C(F)(F)F)c(F)c1)CCN1C2Cc2c([nH]c3ccccc23)C1c1ccc(F)cc1. The van der Waals surface area contributed by atoms with Crippen LogP contribution in [0.1, 0.15) is 51.2 Å². The van der Waals surface area contributed by atoms with Gasteiger partial charge in [0.1, 0.15) is 18.2 Å². The average molecular weight is 591 g/mol. The van der Waals surface area contributed by atoms with Crippen molar-refractivity contribution in [2.45, 2.75) is 37.7 Å². The number of hydrogen-bond donors (Lipinski definition) is 1. The number of H-pyrrole nitrogens is 1. The Hall–Kier alpha value is -4.37. The van der Waals surface area contributed by atoms with E-state index in [1.54, 1.807) is 0 Å². The maximum absolute atomic E-state index is 14.1. The molecule has 4 nitrogen and oxygen atoms in total. The lowest BCUT2D eigenvalue weighted by Gasteiger charge is -2.46. The van der Waals surface area contributed by atoms with Crippen molar-refractivity contribution in [2.24, 2.45) is 0 Å². The number of benzene rings is 4. The molecule has 9 heteroatoms. The zero-order valence-corrected chi connectivity index (χ0v) is 23.1. The lowest BCUT2D eigenvalue weighted by atomic mass is 9.80. The highest BCUT2D eigenvalue weighted by molar-refractivity contribution is 5.85. The van der Waals surface area contributed by atoms with E-state index >= 15 is 0 Å². The monoisotopic (exact) mass is 590 g/mol. The average Bonchev–Trinajstić information content (AvgIpc) is 3.36. The number of methoxy groups -OCH3 is 1. The van der Waals surface area contributed by atoms with Gasteiger partial charge in [-0.25, -0.2) is 8.78 Å². The van der Waals surface area contributed by atoms with Gasteiger partial charge < -0.3 is 14.5 Å². The molecule has 3 heterocycles. The predicted molar refractivity (Wildman–Crippen MR) is 152 cm³/mol. The Kier molecular flexibility index (Phi) is 6.65. The second kappa shape index (κ2) is 10.4. The fraction of sp³-hybridized carbons (Fsp3) is 0.235. The minimum Gasteiger partial charge on any atom is -0.493 e. The van der Waals surface area contributed by atoms with Crippen LogP contribution in [-0.2, 0) is 25.6 Å². The van der Waals surface area contributed by atoms with E-state index in [9.17, 15) is 22.0 Å². The zero-order chi connectivity index (χ0) is 29.9. The first-order valence-electron chi connectivity index (χ1n) is 14.0. The number of halogens is 5. The maximum Gasteiger partial charge on any atom is 0.419 e. The van der Waals surface area contributed by atoms with E-state index in [4.69, 9.17) is 9.47 Å². The van der Waals surface area contributed by atoms with Crippen molar-refractivity contribution in [3.05, 3.63) is 130 Å². The van der Waals surface area contributed by atoms with Crippen molar-refractivity contribution in [1.82, 2.24) is 9.88 Å². The Labute approximate surface area is 244 Å². The number of rotatable bonds is 5. The van der Waals surface area contributed by atoms with E-state index in [1.165, 1.54) is 30.9 Å². The van der Waals surface area contributed by atoms with Gasteiger partial charge in [-0.05, 0) is 83.1 Å². The summed E-state index contributed by atoms with van der Waals surface area (Å²) < 4.78 is 78.6. The number of aromatic amines is 1. The second-order valence-electron chi connectivity index (χ2n) is 11.0. The van der Waals surface area contributed by atoms with Crippen LogP contribution < -0.4 is 9.47 Å². The highest BCUT2D eigenvalue weighted by Gasteiger charge is 2.41. The van der Waals surface area contributed by atoms with Gasteiger partial charge in [0.25, 0.3) is 0 Å². The number of para-hydroxylation sites is 1. The first-order chi connectivity index (χ1) is 20.7. The molecule has 0 fully saturated rings. The molecule has 0 saturated carbocycles. The molecule has 0 aliphatic carbocycles. The molecule has 0 bridgehead atoms. The quantitative estimate of drug-likeness (QED) is 0.209. The smallest absolute Gasteiger partial charge is 0.419 e. The molecule has 2 aliphatic rings. The van der Waals surface area contributed by atoms with E-state index in [0.717, 1.165) is 58.4 Å². The summed E-state index contributed by atoms with van der Waals surface area (Å²) in [5.74, 6) is -0.700. The van der Waals surface area contributed by atoms with Crippen LogP contribution in [0.2, 0.25) is 0 Å². The lowest BCUT2D eigenvalue weighted by molar-refractivity contribution is -0.140. The number of ether oxygens (including phenoxy) is 2. The molecule has 2 aliphatic heterocycles. The van der Waals surface area contributed by atoms with Crippen LogP contribution in [0.15, 0.2) is 78.9 Å². The summed E-state index contributed by atoms with van der Waals surface area (Å²) in [6.07, 6.45) is -3.28. The summed E-state index contributed by atoms with van der Waals surface area (Å²) in [6, 6.07) is 21.5.